The maximum atomic E-state index is 6.22. The van der Waals surface area contributed by atoms with Crippen molar-refractivity contribution in [2.45, 2.75) is 65.3 Å². The summed E-state index contributed by atoms with van der Waals surface area (Å²) in [5.74, 6) is 0.834. The monoisotopic (exact) mass is 183 g/mol. The van der Waals surface area contributed by atoms with Gasteiger partial charge in [-0.25, -0.2) is 0 Å². The van der Waals surface area contributed by atoms with Crippen LogP contribution in [0.5, 0.6) is 0 Å². The molecule has 0 aromatic carbocycles. The van der Waals surface area contributed by atoms with Crippen molar-refractivity contribution in [3.63, 3.8) is 0 Å². The minimum Gasteiger partial charge on any atom is -0.325 e. The average Bonchev–Trinajstić information content (AvgIpc) is 1.99. The van der Waals surface area contributed by atoms with Crippen molar-refractivity contribution < 1.29 is 0 Å². The molecule has 0 saturated heterocycles. The van der Waals surface area contributed by atoms with E-state index < -0.39 is 0 Å². The Morgan fingerprint density at radius 3 is 2.38 bits per heavy atom. The Bertz CT molecular complexity index is 170. The van der Waals surface area contributed by atoms with Crippen LogP contribution in [0, 0.1) is 11.3 Å². The summed E-state index contributed by atoms with van der Waals surface area (Å²) >= 11 is 0. The maximum absolute atomic E-state index is 6.22. The number of rotatable bonds is 2. The lowest BCUT2D eigenvalue weighted by molar-refractivity contribution is 0.0811. The molecule has 1 rings (SSSR count). The standard InChI is InChI=1S/C12H25N/c1-5-6-10-9-12(4,13)8-7-11(10,2)3/h10H,5-9,13H2,1-4H3/t10-,12+/m0/s1. The minimum absolute atomic E-state index is 0.107. The first-order valence-electron chi connectivity index (χ1n) is 5.66. The lowest BCUT2D eigenvalue weighted by atomic mass is 9.62. The van der Waals surface area contributed by atoms with Gasteiger partial charge in [0.25, 0.3) is 0 Å². The molecule has 1 heteroatoms. The molecule has 1 aliphatic rings. The van der Waals surface area contributed by atoms with Crippen LogP contribution in [-0.4, -0.2) is 5.54 Å². The third-order valence-electron chi connectivity index (χ3n) is 3.80. The Morgan fingerprint density at radius 2 is 1.85 bits per heavy atom. The van der Waals surface area contributed by atoms with Gasteiger partial charge in [0.15, 0.2) is 0 Å². The zero-order valence-electron chi connectivity index (χ0n) is 9.69. The van der Waals surface area contributed by atoms with Crippen molar-refractivity contribution in [2.75, 3.05) is 0 Å². The molecular weight excluding hydrogens is 158 g/mol. The predicted molar refractivity (Wildman–Crippen MR) is 58.6 cm³/mol. The van der Waals surface area contributed by atoms with E-state index in [0.29, 0.717) is 5.41 Å². The van der Waals surface area contributed by atoms with E-state index in [0.717, 1.165) is 5.92 Å². The summed E-state index contributed by atoms with van der Waals surface area (Å²) in [4.78, 5) is 0. The second-order valence-electron chi connectivity index (χ2n) is 5.83. The van der Waals surface area contributed by atoms with Crippen LogP contribution < -0.4 is 5.73 Å². The SMILES string of the molecule is CCC[C@H]1C[C@](C)(N)CCC1(C)C. The average molecular weight is 183 g/mol. The van der Waals surface area contributed by atoms with Gasteiger partial charge in [0, 0.05) is 5.54 Å². The van der Waals surface area contributed by atoms with Gasteiger partial charge in [-0.15, -0.1) is 0 Å². The maximum Gasteiger partial charge on any atom is 0.0128 e. The molecule has 78 valence electrons. The van der Waals surface area contributed by atoms with E-state index in [1.165, 1.54) is 32.1 Å². The second kappa shape index (κ2) is 3.61. The Morgan fingerprint density at radius 1 is 1.23 bits per heavy atom. The van der Waals surface area contributed by atoms with E-state index in [-0.39, 0.29) is 5.54 Å². The van der Waals surface area contributed by atoms with Crippen molar-refractivity contribution in [2.24, 2.45) is 17.1 Å². The van der Waals surface area contributed by atoms with Crippen LogP contribution >= 0.6 is 0 Å². The lowest BCUT2D eigenvalue weighted by Crippen LogP contribution is -2.46. The van der Waals surface area contributed by atoms with Crippen molar-refractivity contribution in [3.05, 3.63) is 0 Å². The number of hydrogen-bond donors (Lipinski definition) is 1. The van der Waals surface area contributed by atoms with Gasteiger partial charge < -0.3 is 5.73 Å². The molecular formula is C12H25N. The third-order valence-corrected chi connectivity index (χ3v) is 3.80. The topological polar surface area (TPSA) is 26.0 Å². The molecule has 13 heavy (non-hydrogen) atoms. The van der Waals surface area contributed by atoms with Gasteiger partial charge in [0.05, 0.1) is 0 Å². The van der Waals surface area contributed by atoms with E-state index >= 15 is 0 Å². The largest absolute Gasteiger partial charge is 0.325 e. The molecule has 2 N–H and O–H groups in total. The van der Waals surface area contributed by atoms with Crippen molar-refractivity contribution >= 4 is 0 Å². The zero-order valence-corrected chi connectivity index (χ0v) is 9.69. The Hall–Kier alpha value is -0.0400. The van der Waals surface area contributed by atoms with Crippen molar-refractivity contribution in [1.82, 2.24) is 0 Å². The van der Waals surface area contributed by atoms with Crippen LogP contribution in [0.3, 0.4) is 0 Å². The highest BCUT2D eigenvalue weighted by Crippen LogP contribution is 2.45. The van der Waals surface area contributed by atoms with E-state index in [1.54, 1.807) is 0 Å². The first-order valence-corrected chi connectivity index (χ1v) is 5.66. The molecule has 1 aliphatic carbocycles. The van der Waals surface area contributed by atoms with Gasteiger partial charge in [0.1, 0.15) is 0 Å². The van der Waals surface area contributed by atoms with Crippen molar-refractivity contribution in [1.29, 1.82) is 0 Å². The fourth-order valence-electron chi connectivity index (χ4n) is 2.59. The molecule has 0 amide bonds. The van der Waals surface area contributed by atoms with Gasteiger partial charge in [-0.3, -0.25) is 0 Å². The van der Waals surface area contributed by atoms with Gasteiger partial charge in [-0.2, -0.15) is 0 Å². The summed E-state index contributed by atoms with van der Waals surface area (Å²) in [6, 6.07) is 0. The molecule has 0 spiro atoms. The summed E-state index contributed by atoms with van der Waals surface area (Å²) < 4.78 is 0. The molecule has 1 fully saturated rings. The fraction of sp³-hybridized carbons (Fsp3) is 1.00. The minimum atomic E-state index is 0.107. The first kappa shape index (κ1) is 11.0. The lowest BCUT2D eigenvalue weighted by Gasteiger charge is -2.46. The van der Waals surface area contributed by atoms with Gasteiger partial charge in [-0.05, 0) is 37.5 Å². The van der Waals surface area contributed by atoms with Gasteiger partial charge >= 0.3 is 0 Å². The molecule has 0 unspecified atom stereocenters. The highest BCUT2D eigenvalue weighted by atomic mass is 14.7. The third kappa shape index (κ3) is 2.70. The van der Waals surface area contributed by atoms with Gasteiger partial charge in [0.2, 0.25) is 0 Å². The van der Waals surface area contributed by atoms with Crippen LogP contribution in [0.1, 0.15) is 59.8 Å². The summed E-state index contributed by atoms with van der Waals surface area (Å²) in [7, 11) is 0. The summed E-state index contributed by atoms with van der Waals surface area (Å²) in [5.41, 5.74) is 6.85. The van der Waals surface area contributed by atoms with E-state index in [9.17, 15) is 0 Å². The van der Waals surface area contributed by atoms with Crippen molar-refractivity contribution in [3.8, 4) is 0 Å². The molecule has 0 aromatic rings. The Labute approximate surface area is 83.1 Å². The summed E-state index contributed by atoms with van der Waals surface area (Å²) in [6.45, 7) is 9.30. The fourth-order valence-corrected chi connectivity index (χ4v) is 2.59. The molecule has 0 aromatic heterocycles. The molecule has 0 bridgehead atoms. The summed E-state index contributed by atoms with van der Waals surface area (Å²) in [6.07, 6.45) is 6.35. The normalized spacial score (nSPS) is 39.0. The molecule has 1 nitrogen and oxygen atoms in total. The highest BCUT2D eigenvalue weighted by Gasteiger charge is 2.39. The van der Waals surface area contributed by atoms with E-state index in [2.05, 4.69) is 27.7 Å². The van der Waals surface area contributed by atoms with Crippen LogP contribution in [-0.2, 0) is 0 Å². The first-order chi connectivity index (χ1) is 5.87. The van der Waals surface area contributed by atoms with Crippen LogP contribution in [0.4, 0.5) is 0 Å². The molecule has 0 heterocycles. The smallest absolute Gasteiger partial charge is 0.0128 e. The quantitative estimate of drug-likeness (QED) is 0.698. The van der Waals surface area contributed by atoms with Crippen LogP contribution in [0.15, 0.2) is 0 Å². The summed E-state index contributed by atoms with van der Waals surface area (Å²) in [5, 5.41) is 0. The Kier molecular flexibility index (Phi) is 3.06. The number of nitrogens with two attached hydrogens (primary N) is 1. The number of hydrogen-bond acceptors (Lipinski definition) is 1. The second-order valence-corrected chi connectivity index (χ2v) is 5.83. The van der Waals surface area contributed by atoms with Gasteiger partial charge in [-0.1, -0.05) is 33.6 Å². The highest BCUT2D eigenvalue weighted by molar-refractivity contribution is 4.94. The van der Waals surface area contributed by atoms with E-state index in [1.807, 2.05) is 0 Å². The Balaban J connectivity index is 2.64. The molecule has 2 atom stereocenters. The molecule has 0 radical (unpaired) electrons. The molecule has 0 aliphatic heterocycles. The predicted octanol–water partition coefficient (Wildman–Crippen LogP) is 3.33. The van der Waals surface area contributed by atoms with E-state index in [4.69, 9.17) is 5.73 Å². The zero-order chi connectivity index (χ0) is 10.1. The van der Waals surface area contributed by atoms with Crippen LogP contribution in [0.25, 0.3) is 0 Å². The van der Waals surface area contributed by atoms with Crippen LogP contribution in [0.2, 0.25) is 0 Å². The molecule has 1 saturated carbocycles.